The summed E-state index contributed by atoms with van der Waals surface area (Å²) in [5.41, 5.74) is 0.998. The van der Waals surface area contributed by atoms with E-state index in [4.69, 9.17) is 11.3 Å². The summed E-state index contributed by atoms with van der Waals surface area (Å²) in [6, 6.07) is -2.49. The van der Waals surface area contributed by atoms with Crippen molar-refractivity contribution in [3.8, 4) is 12.3 Å². The van der Waals surface area contributed by atoms with Crippen LogP contribution in [0, 0.1) is 46.8 Å². The molecule has 4 aliphatic carbocycles. The van der Waals surface area contributed by atoms with Crippen LogP contribution in [-0.2, 0) is 19.2 Å². The van der Waals surface area contributed by atoms with Gasteiger partial charge >= 0.3 is 5.97 Å². The molecule has 0 spiro atoms. The third-order valence-electron chi connectivity index (χ3n) is 11.1. The summed E-state index contributed by atoms with van der Waals surface area (Å²) >= 11 is 0. The summed E-state index contributed by atoms with van der Waals surface area (Å²) in [4.78, 5) is 42.0. The zero-order valence-electron chi connectivity index (χ0n) is 25.5. The molecule has 10 nitrogen and oxygen atoms in total. The second-order valence-electron chi connectivity index (χ2n) is 13.7. The lowest BCUT2D eigenvalue weighted by Gasteiger charge is -2.58. The van der Waals surface area contributed by atoms with Crippen molar-refractivity contribution < 1.29 is 34.5 Å². The molecule has 0 aliphatic heterocycles. The first kappa shape index (κ1) is 32.0. The fraction of sp³-hybridized carbons (Fsp3) is 0.750. The number of oxime groups is 1. The Bertz CT molecular complexity index is 1190. The molecular formula is C32H47N3O7. The highest BCUT2D eigenvalue weighted by Crippen LogP contribution is 2.67. The first-order valence-corrected chi connectivity index (χ1v) is 15.3. The number of carbonyl (C=O) groups is 3. The average Bonchev–Trinajstić information content (AvgIpc) is 3.20. The molecule has 4 rings (SSSR count). The van der Waals surface area contributed by atoms with E-state index in [0.29, 0.717) is 24.2 Å². The Morgan fingerprint density at radius 1 is 1.07 bits per heavy atom. The summed E-state index contributed by atoms with van der Waals surface area (Å²) < 4.78 is 0. The fourth-order valence-electron chi connectivity index (χ4n) is 8.45. The third kappa shape index (κ3) is 5.70. The van der Waals surface area contributed by atoms with Gasteiger partial charge in [0.2, 0.25) is 5.91 Å². The molecule has 0 unspecified atom stereocenters. The first-order chi connectivity index (χ1) is 19.7. The molecule has 2 amide bonds. The monoisotopic (exact) mass is 585 g/mol. The van der Waals surface area contributed by atoms with Crippen LogP contribution in [0.2, 0.25) is 0 Å². The van der Waals surface area contributed by atoms with Gasteiger partial charge in [-0.25, -0.2) is 4.79 Å². The zero-order chi connectivity index (χ0) is 31.0. The molecule has 3 saturated carbocycles. The highest BCUT2D eigenvalue weighted by molar-refractivity contribution is 5.96. The second-order valence-corrected chi connectivity index (χ2v) is 13.7. The van der Waals surface area contributed by atoms with E-state index in [1.165, 1.54) is 12.5 Å². The topological polar surface area (TPSA) is 158 Å². The van der Waals surface area contributed by atoms with Crippen molar-refractivity contribution in [2.45, 2.75) is 110 Å². The van der Waals surface area contributed by atoms with Crippen LogP contribution >= 0.6 is 0 Å². The van der Waals surface area contributed by atoms with Gasteiger partial charge in [-0.2, -0.15) is 0 Å². The number of carboxylic acid groups (broad SMARTS) is 1. The quantitative estimate of drug-likeness (QED) is 0.206. The van der Waals surface area contributed by atoms with Gasteiger partial charge in [0.25, 0.3) is 5.91 Å². The number of aliphatic hydroxyl groups is 2. The number of hydrogen-bond acceptors (Lipinski definition) is 7. The predicted molar refractivity (Wildman–Crippen MR) is 157 cm³/mol. The van der Waals surface area contributed by atoms with Crippen molar-refractivity contribution >= 4 is 23.5 Å². The number of amides is 2. The Labute approximate surface area is 248 Å². The zero-order valence-corrected chi connectivity index (χ0v) is 25.5. The van der Waals surface area contributed by atoms with E-state index < -0.39 is 41.6 Å². The molecule has 9 atom stereocenters. The van der Waals surface area contributed by atoms with Gasteiger partial charge in [-0.15, -0.1) is 6.42 Å². The normalized spacial score (nSPS) is 36.8. The second kappa shape index (κ2) is 12.0. The minimum absolute atomic E-state index is 0.0647. The number of aliphatic hydroxyl groups excluding tert-OH is 1. The van der Waals surface area contributed by atoms with Crippen molar-refractivity contribution in [1.29, 1.82) is 0 Å². The van der Waals surface area contributed by atoms with Crippen molar-refractivity contribution in [2.24, 2.45) is 39.7 Å². The standard InChI is InChI=1S/C32H47N3O7/c1-7-32(41)15-12-24-22-9-8-20-16-21(10-13-30(20,5)23(22)11-14-31(24,32)6)35-42-17-25(37)33-26(18(2)3)28(38)34-27(19(4)36)29(39)40/h1,16,18-19,22-24,26-27,36,41H,8-15,17H2,2-6H3,(H,33,37)(H,34,38)(H,39,40)/b35-21+/t19-,22-,23-,24-,26-,27-,30+,31+,32-/m1/s1. The SMILES string of the molecule is C#C[C@@]1(O)CC[C@@H]2[C@@H]3CCC4=C/C(=N/OCC(=O)N[C@@H](C(=O)N[C@@H](C(=O)O)[C@@H](C)O)C(C)C)CC[C@]4(C)[C@@H]3CC[C@@]21C. The number of hydrogen-bond donors (Lipinski definition) is 5. The molecule has 0 aromatic carbocycles. The summed E-state index contributed by atoms with van der Waals surface area (Å²) in [5, 5.41) is 39.2. The third-order valence-corrected chi connectivity index (χ3v) is 11.1. The Morgan fingerprint density at radius 3 is 2.38 bits per heavy atom. The van der Waals surface area contributed by atoms with Crippen LogP contribution in [0.5, 0.6) is 0 Å². The number of nitrogens with zero attached hydrogens (tertiary/aromatic N) is 1. The van der Waals surface area contributed by atoms with Gasteiger partial charge in [0, 0.05) is 5.41 Å². The van der Waals surface area contributed by atoms with Gasteiger partial charge in [-0.3, -0.25) is 9.59 Å². The van der Waals surface area contributed by atoms with Gasteiger partial charge in [0.15, 0.2) is 12.6 Å². The van der Waals surface area contributed by atoms with Crippen LogP contribution in [-0.4, -0.2) is 69.2 Å². The fourth-order valence-corrected chi connectivity index (χ4v) is 8.45. The molecular weight excluding hydrogens is 538 g/mol. The minimum atomic E-state index is -1.49. The maximum atomic E-state index is 12.7. The van der Waals surface area contributed by atoms with Crippen molar-refractivity contribution in [1.82, 2.24) is 10.6 Å². The van der Waals surface area contributed by atoms with Crippen LogP contribution in [0.25, 0.3) is 0 Å². The number of carboxylic acids is 1. The van der Waals surface area contributed by atoms with E-state index in [9.17, 15) is 29.7 Å². The minimum Gasteiger partial charge on any atom is -0.480 e. The lowest BCUT2D eigenvalue weighted by Crippen LogP contribution is -2.56. The Morgan fingerprint density at radius 2 is 1.76 bits per heavy atom. The van der Waals surface area contributed by atoms with Gasteiger partial charge in [-0.1, -0.05) is 44.3 Å². The molecule has 0 bridgehead atoms. The van der Waals surface area contributed by atoms with Gasteiger partial charge in [0.05, 0.1) is 11.8 Å². The van der Waals surface area contributed by atoms with Crippen molar-refractivity contribution in [3.63, 3.8) is 0 Å². The van der Waals surface area contributed by atoms with E-state index in [1.54, 1.807) is 13.8 Å². The van der Waals surface area contributed by atoms with E-state index in [-0.39, 0.29) is 23.4 Å². The summed E-state index contributed by atoms with van der Waals surface area (Å²) in [6.07, 6.45) is 14.0. The van der Waals surface area contributed by atoms with Crippen molar-refractivity contribution in [2.75, 3.05) is 6.61 Å². The summed E-state index contributed by atoms with van der Waals surface area (Å²) in [7, 11) is 0. The van der Waals surface area contributed by atoms with E-state index in [1.807, 2.05) is 0 Å². The molecule has 0 heterocycles. The van der Waals surface area contributed by atoms with Gasteiger partial charge < -0.3 is 30.8 Å². The molecule has 0 aromatic rings. The molecule has 5 N–H and O–H groups in total. The number of terminal acetylenes is 1. The van der Waals surface area contributed by atoms with Gasteiger partial charge in [0.1, 0.15) is 11.6 Å². The number of rotatable bonds is 9. The first-order valence-electron chi connectivity index (χ1n) is 15.3. The molecule has 0 aromatic heterocycles. The highest BCUT2D eigenvalue weighted by atomic mass is 16.6. The maximum Gasteiger partial charge on any atom is 0.328 e. The Balaban J connectivity index is 1.36. The van der Waals surface area contributed by atoms with Crippen LogP contribution in [0.4, 0.5) is 0 Å². The Hall–Kier alpha value is -2.90. The predicted octanol–water partition coefficient (Wildman–Crippen LogP) is 2.78. The van der Waals surface area contributed by atoms with Gasteiger partial charge in [-0.05, 0) is 93.5 Å². The van der Waals surface area contributed by atoms with Crippen LogP contribution < -0.4 is 10.6 Å². The number of nitrogens with one attached hydrogen (secondary N) is 2. The number of fused-ring (bicyclic) bond motifs is 5. The van der Waals surface area contributed by atoms with Crippen LogP contribution in [0.1, 0.15) is 86.0 Å². The largest absolute Gasteiger partial charge is 0.480 e. The molecule has 3 fully saturated rings. The smallest absolute Gasteiger partial charge is 0.328 e. The lowest BCUT2D eigenvalue weighted by molar-refractivity contribution is -0.145. The summed E-state index contributed by atoms with van der Waals surface area (Å²) in [6.45, 7) is 8.89. The molecule has 232 valence electrons. The average molecular weight is 586 g/mol. The van der Waals surface area contributed by atoms with Crippen LogP contribution in [0.15, 0.2) is 16.8 Å². The van der Waals surface area contributed by atoms with E-state index >= 15 is 0 Å². The lowest BCUT2D eigenvalue weighted by atomic mass is 9.46. The molecule has 0 saturated heterocycles. The summed E-state index contributed by atoms with van der Waals surface area (Å²) in [5.74, 6) is 1.31. The van der Waals surface area contributed by atoms with E-state index in [2.05, 4.69) is 41.6 Å². The number of aliphatic carboxylic acids is 1. The number of carbonyl (C=O) groups excluding carboxylic acids is 2. The van der Waals surface area contributed by atoms with Crippen LogP contribution in [0.3, 0.4) is 0 Å². The maximum absolute atomic E-state index is 12.7. The number of allylic oxidation sites excluding steroid dienone is 2. The molecule has 4 aliphatic rings. The van der Waals surface area contributed by atoms with E-state index in [0.717, 1.165) is 50.7 Å². The molecule has 0 radical (unpaired) electrons. The Kier molecular flexibility index (Phi) is 9.15. The molecule has 10 heteroatoms. The van der Waals surface area contributed by atoms with Crippen molar-refractivity contribution in [3.05, 3.63) is 11.6 Å². The highest BCUT2D eigenvalue weighted by Gasteiger charge is 2.63. The molecule has 42 heavy (non-hydrogen) atoms.